The Balaban J connectivity index is 2.91. The van der Waals surface area contributed by atoms with Gasteiger partial charge in [-0.05, 0) is 0 Å². The molecule has 4 heteroatoms. The van der Waals surface area contributed by atoms with Gasteiger partial charge in [0.15, 0.2) is 0 Å². The van der Waals surface area contributed by atoms with Crippen molar-refractivity contribution >= 4 is 41.9 Å². The molecular weight excluding hydrogens is 271 g/mol. The van der Waals surface area contributed by atoms with Crippen LogP contribution in [0, 0.1) is 6.92 Å². The Morgan fingerprint density at radius 3 is 3.00 bits per heavy atom. The molecule has 0 bridgehead atoms. The van der Waals surface area contributed by atoms with E-state index >= 15 is 0 Å². The number of benzene rings is 1. The summed E-state index contributed by atoms with van der Waals surface area (Å²) in [5.74, 6) is 0. The summed E-state index contributed by atoms with van der Waals surface area (Å²) in [5.41, 5.74) is 3.29. The first-order valence-electron chi connectivity index (χ1n) is 3.16. The molecule has 1 heterocycles. The number of fused-ring (bicyclic) bond motifs is 1. The summed E-state index contributed by atoms with van der Waals surface area (Å²) in [6.45, 7) is 2.06. The summed E-state index contributed by atoms with van der Waals surface area (Å²) in [6.07, 6.45) is 0. The third-order valence-corrected chi connectivity index (χ3v) is 3.20. The fourth-order valence-electron chi connectivity index (χ4n) is 0.981. The van der Waals surface area contributed by atoms with Crippen LogP contribution in [0.4, 0.5) is 0 Å². The van der Waals surface area contributed by atoms with Crippen LogP contribution in [0.15, 0.2) is 16.6 Å². The van der Waals surface area contributed by atoms with Crippen LogP contribution < -0.4 is 0 Å². The van der Waals surface area contributed by atoms with Crippen LogP contribution in [0.1, 0.15) is 5.56 Å². The molecule has 1 aromatic heterocycles. The molecule has 0 spiro atoms. The summed E-state index contributed by atoms with van der Waals surface area (Å²) in [5, 5.41) is 0. The second-order valence-electron chi connectivity index (χ2n) is 2.38. The van der Waals surface area contributed by atoms with Gasteiger partial charge >= 0.3 is 79.0 Å². The summed E-state index contributed by atoms with van der Waals surface area (Å²) in [6, 6.07) is 4.14. The third kappa shape index (κ3) is 1.26. The van der Waals surface area contributed by atoms with Crippen LogP contribution >= 0.6 is 15.9 Å². The van der Waals surface area contributed by atoms with Crippen LogP contribution in [0.25, 0.3) is 11.0 Å². The van der Waals surface area contributed by atoms with E-state index in [9.17, 15) is 0 Å². The average molecular weight is 276 g/mol. The zero-order chi connectivity index (χ0) is 7.84. The van der Waals surface area contributed by atoms with E-state index in [1.165, 1.54) is 5.56 Å². The molecule has 2 rings (SSSR count). The molecule has 0 radical (unpaired) electrons. The average Bonchev–Trinajstić information content (AvgIpc) is 2.34. The number of hydrogen-bond acceptors (Lipinski definition) is 2. The van der Waals surface area contributed by atoms with E-state index in [-0.39, 0.29) is 15.0 Å². The molecular formula is C7H5BrN2Se. The van der Waals surface area contributed by atoms with Crippen molar-refractivity contribution in [2.45, 2.75) is 6.92 Å². The van der Waals surface area contributed by atoms with Gasteiger partial charge in [-0.15, -0.1) is 0 Å². The van der Waals surface area contributed by atoms with Gasteiger partial charge in [0.2, 0.25) is 0 Å². The second-order valence-corrected chi connectivity index (χ2v) is 4.34. The molecule has 0 fully saturated rings. The maximum atomic E-state index is 4.29. The van der Waals surface area contributed by atoms with Gasteiger partial charge in [0.05, 0.1) is 0 Å². The molecule has 11 heavy (non-hydrogen) atoms. The second kappa shape index (κ2) is 2.70. The molecule has 0 aliphatic rings. The van der Waals surface area contributed by atoms with Crippen LogP contribution in [0.3, 0.4) is 0 Å². The fraction of sp³-hybridized carbons (Fsp3) is 0.143. The van der Waals surface area contributed by atoms with Gasteiger partial charge in [-0.2, -0.15) is 0 Å². The molecule has 0 atom stereocenters. The molecule has 2 aromatic rings. The zero-order valence-corrected chi connectivity index (χ0v) is 9.13. The van der Waals surface area contributed by atoms with E-state index in [2.05, 4.69) is 42.9 Å². The van der Waals surface area contributed by atoms with E-state index in [4.69, 9.17) is 0 Å². The van der Waals surface area contributed by atoms with Crippen molar-refractivity contribution < 1.29 is 0 Å². The summed E-state index contributed by atoms with van der Waals surface area (Å²) >= 11 is 3.54. The molecule has 0 saturated heterocycles. The van der Waals surface area contributed by atoms with E-state index in [1.54, 1.807) is 0 Å². The summed E-state index contributed by atoms with van der Waals surface area (Å²) < 4.78 is 9.64. The van der Waals surface area contributed by atoms with Gasteiger partial charge in [-0.1, -0.05) is 0 Å². The molecule has 0 unspecified atom stereocenters. The van der Waals surface area contributed by atoms with Crippen LogP contribution in [0.5, 0.6) is 0 Å². The Hall–Kier alpha value is -0.181. The van der Waals surface area contributed by atoms with Crippen LogP contribution in [-0.4, -0.2) is 22.9 Å². The van der Waals surface area contributed by atoms with Crippen LogP contribution in [0.2, 0.25) is 0 Å². The maximum absolute atomic E-state index is 4.29. The van der Waals surface area contributed by atoms with E-state index < -0.39 is 0 Å². The topological polar surface area (TPSA) is 25.8 Å². The predicted octanol–water partition coefficient (Wildman–Crippen LogP) is 1.76. The Morgan fingerprint density at radius 2 is 2.18 bits per heavy atom. The van der Waals surface area contributed by atoms with Crippen molar-refractivity contribution in [1.29, 1.82) is 0 Å². The number of hydrogen-bond donors (Lipinski definition) is 0. The van der Waals surface area contributed by atoms with Crippen molar-refractivity contribution in [2.24, 2.45) is 0 Å². The fourth-order valence-corrected chi connectivity index (χ4v) is 3.03. The number of aromatic nitrogens is 2. The van der Waals surface area contributed by atoms with Gasteiger partial charge < -0.3 is 0 Å². The minimum absolute atomic E-state index is 0.0820. The number of rotatable bonds is 0. The quantitative estimate of drug-likeness (QED) is 0.685. The molecule has 0 aliphatic carbocycles. The normalized spacial score (nSPS) is 10.7. The first-order valence-corrected chi connectivity index (χ1v) is 5.48. The molecule has 0 aliphatic heterocycles. The Morgan fingerprint density at radius 1 is 1.36 bits per heavy atom. The van der Waals surface area contributed by atoms with Crippen molar-refractivity contribution in [2.75, 3.05) is 0 Å². The van der Waals surface area contributed by atoms with Gasteiger partial charge in [0, 0.05) is 0 Å². The Bertz CT molecular complexity index is 396. The molecule has 0 saturated carbocycles. The van der Waals surface area contributed by atoms with Crippen molar-refractivity contribution in [3.8, 4) is 0 Å². The number of halogens is 1. The standard InChI is InChI=1S/C7H5BrN2Se/c1-4-2-5(8)7-6(3-4)9-11-10-7/h2-3H,1H3. The summed E-state index contributed by atoms with van der Waals surface area (Å²) in [7, 11) is 0. The number of aryl methyl sites for hydroxylation is 1. The van der Waals surface area contributed by atoms with Gasteiger partial charge in [0.25, 0.3) is 0 Å². The van der Waals surface area contributed by atoms with Crippen molar-refractivity contribution in [1.82, 2.24) is 7.96 Å². The zero-order valence-electron chi connectivity index (χ0n) is 5.84. The molecule has 1 aromatic carbocycles. The number of nitrogens with zero attached hydrogens (tertiary/aromatic N) is 2. The monoisotopic (exact) mass is 276 g/mol. The molecule has 0 amide bonds. The van der Waals surface area contributed by atoms with Crippen molar-refractivity contribution in [3.63, 3.8) is 0 Å². The predicted molar refractivity (Wildman–Crippen MR) is 48.9 cm³/mol. The van der Waals surface area contributed by atoms with Gasteiger partial charge in [-0.3, -0.25) is 0 Å². The molecule has 2 nitrogen and oxygen atoms in total. The molecule has 0 N–H and O–H groups in total. The van der Waals surface area contributed by atoms with Gasteiger partial charge in [0.1, 0.15) is 0 Å². The summed E-state index contributed by atoms with van der Waals surface area (Å²) in [4.78, 5) is 0. The Kier molecular flexibility index (Phi) is 1.83. The first-order chi connectivity index (χ1) is 5.27. The Labute approximate surface area is 79.0 Å². The first kappa shape index (κ1) is 7.47. The minimum atomic E-state index is 0.0820. The van der Waals surface area contributed by atoms with Crippen LogP contribution in [-0.2, 0) is 0 Å². The van der Waals surface area contributed by atoms with Crippen molar-refractivity contribution in [3.05, 3.63) is 22.2 Å². The third-order valence-electron chi connectivity index (χ3n) is 1.46. The SMILES string of the molecule is Cc1cc(Br)c2n[se]nc2c1. The van der Waals surface area contributed by atoms with E-state index in [1.807, 2.05) is 0 Å². The van der Waals surface area contributed by atoms with E-state index in [0.29, 0.717) is 0 Å². The van der Waals surface area contributed by atoms with Gasteiger partial charge in [-0.25, -0.2) is 0 Å². The van der Waals surface area contributed by atoms with E-state index in [0.717, 1.165) is 15.5 Å². The molecule has 56 valence electrons.